The minimum Gasteiger partial charge on any atom is -0.490 e. The fourth-order valence-corrected chi connectivity index (χ4v) is 2.24. The molecular weight excluding hydrogens is 212 g/mol. The van der Waals surface area contributed by atoms with Gasteiger partial charge in [-0.1, -0.05) is 0 Å². The first kappa shape index (κ1) is 11.9. The summed E-state index contributed by atoms with van der Waals surface area (Å²) in [5, 5.41) is 8.80. The lowest BCUT2D eigenvalue weighted by Crippen LogP contribution is -2.31. The van der Waals surface area contributed by atoms with E-state index < -0.39 is 0 Å². The van der Waals surface area contributed by atoms with Gasteiger partial charge >= 0.3 is 0 Å². The zero-order valence-corrected chi connectivity index (χ0v) is 10.1. The van der Waals surface area contributed by atoms with E-state index in [-0.39, 0.29) is 6.10 Å². The average Bonchev–Trinajstić information content (AvgIpc) is 2.34. The molecule has 0 radical (unpaired) electrons. The smallest absolute Gasteiger partial charge is 0.122 e. The highest BCUT2D eigenvalue weighted by Crippen LogP contribution is 2.25. The maximum Gasteiger partial charge on any atom is 0.122 e. The summed E-state index contributed by atoms with van der Waals surface area (Å²) < 4.78 is 5.97. The Kier molecular flexibility index (Phi) is 3.65. The van der Waals surface area contributed by atoms with E-state index in [2.05, 4.69) is 6.07 Å². The maximum atomic E-state index is 8.80. The Labute approximate surface area is 102 Å². The lowest BCUT2D eigenvalue weighted by molar-refractivity contribution is 0.146. The van der Waals surface area contributed by atoms with Gasteiger partial charge in [-0.05, 0) is 56.4 Å². The molecule has 0 unspecified atom stereocenters. The Bertz CT molecular complexity index is 428. The summed E-state index contributed by atoms with van der Waals surface area (Å²) >= 11 is 0. The van der Waals surface area contributed by atoms with Crippen molar-refractivity contribution in [1.82, 2.24) is 0 Å². The second kappa shape index (κ2) is 5.20. The maximum absolute atomic E-state index is 8.80. The molecule has 1 aromatic carbocycles. The molecule has 0 aliphatic heterocycles. The molecule has 2 rings (SSSR count). The molecule has 3 heteroatoms. The molecule has 0 bridgehead atoms. The number of ether oxygens (including phenoxy) is 1. The van der Waals surface area contributed by atoms with Crippen molar-refractivity contribution in [1.29, 1.82) is 5.26 Å². The van der Waals surface area contributed by atoms with Crippen LogP contribution in [-0.4, -0.2) is 12.1 Å². The lowest BCUT2D eigenvalue weighted by atomic mass is 9.93. The summed E-state index contributed by atoms with van der Waals surface area (Å²) in [6, 6.07) is 8.04. The molecule has 3 nitrogen and oxygen atoms in total. The van der Waals surface area contributed by atoms with E-state index in [0.717, 1.165) is 37.0 Å². The Morgan fingerprint density at radius 3 is 2.59 bits per heavy atom. The second-order valence-electron chi connectivity index (χ2n) is 4.75. The van der Waals surface area contributed by atoms with Crippen LogP contribution < -0.4 is 10.5 Å². The van der Waals surface area contributed by atoms with Gasteiger partial charge in [0.2, 0.25) is 0 Å². The summed E-state index contributed by atoms with van der Waals surface area (Å²) in [5.41, 5.74) is 7.57. The normalized spacial score (nSPS) is 24.1. The first-order chi connectivity index (χ1) is 8.19. The molecule has 1 aromatic rings. The highest BCUT2D eigenvalue weighted by Gasteiger charge is 2.20. The van der Waals surface area contributed by atoms with Gasteiger partial charge in [0, 0.05) is 6.04 Å². The van der Waals surface area contributed by atoms with E-state index in [4.69, 9.17) is 15.7 Å². The third-order valence-electron chi connectivity index (χ3n) is 3.32. The molecule has 0 atom stereocenters. The monoisotopic (exact) mass is 230 g/mol. The van der Waals surface area contributed by atoms with Crippen molar-refractivity contribution < 1.29 is 4.74 Å². The molecule has 0 aromatic heterocycles. The van der Waals surface area contributed by atoms with E-state index in [9.17, 15) is 0 Å². The molecule has 0 heterocycles. The molecule has 1 aliphatic rings. The largest absolute Gasteiger partial charge is 0.490 e. The van der Waals surface area contributed by atoms with E-state index in [1.807, 2.05) is 19.1 Å². The topological polar surface area (TPSA) is 59.0 Å². The van der Waals surface area contributed by atoms with Gasteiger partial charge in [-0.15, -0.1) is 0 Å². The minimum absolute atomic E-state index is 0.279. The summed E-state index contributed by atoms with van der Waals surface area (Å²) in [6.07, 6.45) is 4.42. The Balaban J connectivity index is 2.02. The van der Waals surface area contributed by atoms with E-state index in [0.29, 0.717) is 11.6 Å². The van der Waals surface area contributed by atoms with E-state index >= 15 is 0 Å². The van der Waals surface area contributed by atoms with Crippen LogP contribution in [0.25, 0.3) is 0 Å². The standard InChI is InChI=1S/C14H18N2O/c1-10-8-11(9-15)2-7-14(10)17-13-5-3-12(16)4-6-13/h2,7-8,12-13H,3-6,16H2,1H3. The van der Waals surface area contributed by atoms with Crippen LogP contribution in [0.2, 0.25) is 0 Å². The first-order valence-electron chi connectivity index (χ1n) is 6.12. The Morgan fingerprint density at radius 2 is 2.00 bits per heavy atom. The molecule has 0 saturated heterocycles. The van der Waals surface area contributed by atoms with Crippen molar-refractivity contribution >= 4 is 0 Å². The molecule has 90 valence electrons. The second-order valence-corrected chi connectivity index (χ2v) is 4.75. The van der Waals surface area contributed by atoms with Gasteiger partial charge in [0.1, 0.15) is 5.75 Å². The number of benzene rings is 1. The summed E-state index contributed by atoms with van der Waals surface area (Å²) in [4.78, 5) is 0. The number of aryl methyl sites for hydroxylation is 1. The van der Waals surface area contributed by atoms with Crippen LogP contribution in [0.15, 0.2) is 18.2 Å². The van der Waals surface area contributed by atoms with Crippen LogP contribution in [0.3, 0.4) is 0 Å². The van der Waals surface area contributed by atoms with Crippen molar-refractivity contribution in [2.45, 2.75) is 44.8 Å². The Hall–Kier alpha value is -1.53. The fourth-order valence-electron chi connectivity index (χ4n) is 2.24. The van der Waals surface area contributed by atoms with E-state index in [1.165, 1.54) is 0 Å². The predicted molar refractivity (Wildman–Crippen MR) is 66.8 cm³/mol. The summed E-state index contributed by atoms with van der Waals surface area (Å²) in [5.74, 6) is 0.893. The highest BCUT2D eigenvalue weighted by molar-refractivity contribution is 5.41. The number of nitrogens with zero attached hydrogens (tertiary/aromatic N) is 1. The molecule has 1 aliphatic carbocycles. The highest BCUT2D eigenvalue weighted by atomic mass is 16.5. The van der Waals surface area contributed by atoms with Gasteiger partial charge in [-0.2, -0.15) is 5.26 Å². The molecule has 1 saturated carbocycles. The summed E-state index contributed by atoms with van der Waals surface area (Å²) in [6.45, 7) is 1.98. The van der Waals surface area contributed by atoms with Gasteiger partial charge in [-0.3, -0.25) is 0 Å². The van der Waals surface area contributed by atoms with Crippen molar-refractivity contribution in [3.8, 4) is 11.8 Å². The van der Waals surface area contributed by atoms with Crippen LogP contribution in [0.1, 0.15) is 36.8 Å². The minimum atomic E-state index is 0.279. The van der Waals surface area contributed by atoms with E-state index in [1.54, 1.807) is 6.07 Å². The first-order valence-corrected chi connectivity index (χ1v) is 6.12. The third kappa shape index (κ3) is 2.98. The molecule has 0 spiro atoms. The molecule has 0 amide bonds. The fraction of sp³-hybridized carbons (Fsp3) is 0.500. The summed E-state index contributed by atoms with van der Waals surface area (Å²) in [7, 11) is 0. The van der Waals surface area contributed by atoms with Crippen LogP contribution in [0, 0.1) is 18.3 Å². The number of nitrogens with two attached hydrogens (primary N) is 1. The van der Waals surface area contributed by atoms with Gasteiger partial charge in [0.05, 0.1) is 17.7 Å². The van der Waals surface area contributed by atoms with Gasteiger partial charge < -0.3 is 10.5 Å². The molecule has 17 heavy (non-hydrogen) atoms. The number of nitriles is 1. The number of rotatable bonds is 2. The van der Waals surface area contributed by atoms with Gasteiger partial charge in [-0.25, -0.2) is 0 Å². The Morgan fingerprint density at radius 1 is 1.29 bits per heavy atom. The number of hydrogen-bond donors (Lipinski definition) is 1. The molecule has 1 fully saturated rings. The van der Waals surface area contributed by atoms with Crippen molar-refractivity contribution in [2.75, 3.05) is 0 Å². The number of hydrogen-bond acceptors (Lipinski definition) is 3. The van der Waals surface area contributed by atoms with Gasteiger partial charge in [0.15, 0.2) is 0 Å². The van der Waals surface area contributed by atoms with Crippen LogP contribution in [0.5, 0.6) is 5.75 Å². The van der Waals surface area contributed by atoms with Crippen LogP contribution in [0.4, 0.5) is 0 Å². The lowest BCUT2D eigenvalue weighted by Gasteiger charge is -2.27. The van der Waals surface area contributed by atoms with Crippen LogP contribution >= 0.6 is 0 Å². The average molecular weight is 230 g/mol. The zero-order chi connectivity index (χ0) is 12.3. The third-order valence-corrected chi connectivity index (χ3v) is 3.32. The SMILES string of the molecule is Cc1cc(C#N)ccc1OC1CCC(N)CC1. The molecule has 2 N–H and O–H groups in total. The van der Waals surface area contributed by atoms with Crippen LogP contribution in [-0.2, 0) is 0 Å². The zero-order valence-electron chi connectivity index (χ0n) is 10.1. The van der Waals surface area contributed by atoms with Crippen molar-refractivity contribution in [3.05, 3.63) is 29.3 Å². The predicted octanol–water partition coefficient (Wildman–Crippen LogP) is 2.52. The quantitative estimate of drug-likeness (QED) is 0.849. The van der Waals surface area contributed by atoms with Crippen molar-refractivity contribution in [2.24, 2.45) is 5.73 Å². The molecular formula is C14H18N2O. The van der Waals surface area contributed by atoms with Gasteiger partial charge in [0.25, 0.3) is 0 Å². The van der Waals surface area contributed by atoms with Crippen molar-refractivity contribution in [3.63, 3.8) is 0 Å².